The molecule has 5 heteroatoms. The number of rotatable bonds is 1. The van der Waals surface area contributed by atoms with E-state index in [1.54, 1.807) is 0 Å². The normalized spacial score (nSPS) is 10.5. The molecule has 0 aliphatic rings. The van der Waals surface area contributed by atoms with Gasteiger partial charge in [-0.25, -0.2) is 0 Å². The second-order valence-corrected chi connectivity index (χ2v) is 5.78. The van der Waals surface area contributed by atoms with Crippen molar-refractivity contribution in [2.24, 2.45) is 0 Å². The zero-order valence-electron chi connectivity index (χ0n) is 5.14. The van der Waals surface area contributed by atoms with Crippen LogP contribution in [-0.2, 0) is 3.74 Å². The van der Waals surface area contributed by atoms with Gasteiger partial charge in [-0.2, -0.15) is 0 Å². The first kappa shape index (κ1) is 10.1. The van der Waals surface area contributed by atoms with Crippen molar-refractivity contribution in [3.05, 3.63) is 25.6 Å². The first-order chi connectivity index (χ1) is 5.15. The molecule has 0 heterocycles. The molecule has 0 fully saturated rings. The monoisotopic (exact) mass is 402 g/mol. The summed E-state index contributed by atoms with van der Waals surface area (Å²) in [5, 5.41) is 0. The molecule has 0 N–H and O–H groups in total. The summed E-state index contributed by atoms with van der Waals surface area (Å²) >= 11 is 9.09. The predicted octanol–water partition coefficient (Wildman–Crippen LogP) is 2.65. The molecule has 0 atom stereocenters. The van der Waals surface area contributed by atoms with Crippen molar-refractivity contribution in [2.45, 2.75) is 0 Å². The van der Waals surface area contributed by atoms with Crippen LogP contribution in [0, 0.1) is 0 Å². The summed E-state index contributed by atoms with van der Waals surface area (Å²) in [6, 6.07) is 3.70. The van der Waals surface area contributed by atoms with Crippen LogP contribution >= 0.6 is 47.8 Å². The van der Waals surface area contributed by atoms with Gasteiger partial charge in [-0.15, -0.1) is 0 Å². The Bertz CT molecular complexity index is 277. The fraction of sp³-hybridized carbons (Fsp3) is 0. The second-order valence-electron chi connectivity index (χ2n) is 1.81. The van der Waals surface area contributed by atoms with Gasteiger partial charge < -0.3 is 0 Å². The summed E-state index contributed by atoms with van der Waals surface area (Å²) in [5.41, 5.74) is 0. The van der Waals surface area contributed by atoms with Crippen LogP contribution in [0.1, 0.15) is 0 Å². The van der Waals surface area contributed by atoms with Gasteiger partial charge in [-0.1, -0.05) is 0 Å². The van der Waals surface area contributed by atoms with Crippen molar-refractivity contribution >= 4 is 67.8 Å². The molecule has 1 nitrogen and oxygen atoms in total. The Kier molecular flexibility index (Phi) is 3.96. The molecule has 0 spiro atoms. The molecular formula is C6H2AsBr3O. The van der Waals surface area contributed by atoms with Crippen LogP contribution < -0.4 is 4.35 Å². The van der Waals surface area contributed by atoms with Crippen molar-refractivity contribution in [2.75, 3.05) is 0 Å². The van der Waals surface area contributed by atoms with Gasteiger partial charge in [0.15, 0.2) is 0 Å². The summed E-state index contributed by atoms with van der Waals surface area (Å²) in [6.45, 7) is 0. The minimum absolute atomic E-state index is 0.864. The van der Waals surface area contributed by atoms with Gasteiger partial charge in [0.1, 0.15) is 0 Å². The van der Waals surface area contributed by atoms with Crippen molar-refractivity contribution in [1.29, 1.82) is 0 Å². The van der Waals surface area contributed by atoms with Crippen molar-refractivity contribution in [3.63, 3.8) is 0 Å². The van der Waals surface area contributed by atoms with E-state index in [9.17, 15) is 3.74 Å². The van der Waals surface area contributed by atoms with Crippen LogP contribution in [0.5, 0.6) is 0 Å². The van der Waals surface area contributed by atoms with Crippen LogP contribution in [0.2, 0.25) is 0 Å². The van der Waals surface area contributed by atoms with Crippen LogP contribution in [0.15, 0.2) is 25.6 Å². The number of halogens is 3. The van der Waals surface area contributed by atoms with Crippen molar-refractivity contribution in [3.8, 4) is 0 Å². The van der Waals surface area contributed by atoms with Crippen LogP contribution in [0.3, 0.4) is 0 Å². The Balaban J connectivity index is 3.31. The Morgan fingerprint density at radius 3 is 1.91 bits per heavy atom. The first-order valence-corrected chi connectivity index (χ1v) is 6.71. The zero-order chi connectivity index (χ0) is 8.43. The number of benzene rings is 1. The summed E-state index contributed by atoms with van der Waals surface area (Å²) in [4.78, 5) is 0. The third kappa shape index (κ3) is 2.48. The molecule has 1 rings (SSSR count). The molecular weight excluding hydrogens is 403 g/mol. The average molecular weight is 405 g/mol. The summed E-state index contributed by atoms with van der Waals surface area (Å²) in [6.07, 6.45) is 0. The van der Waals surface area contributed by atoms with E-state index in [2.05, 4.69) is 47.8 Å². The molecule has 0 aliphatic heterocycles. The van der Waals surface area contributed by atoms with E-state index in [0.717, 1.165) is 17.8 Å². The Morgan fingerprint density at radius 1 is 1.09 bits per heavy atom. The van der Waals surface area contributed by atoms with Gasteiger partial charge in [0.05, 0.1) is 0 Å². The molecule has 0 aliphatic carbocycles. The topological polar surface area (TPSA) is 17.1 Å². The van der Waals surface area contributed by atoms with Crippen LogP contribution in [0.4, 0.5) is 0 Å². The van der Waals surface area contributed by atoms with Crippen molar-refractivity contribution < 1.29 is 3.74 Å². The van der Waals surface area contributed by atoms with E-state index in [0.29, 0.717) is 0 Å². The maximum atomic E-state index is 10.6. The van der Waals surface area contributed by atoms with Crippen molar-refractivity contribution in [1.82, 2.24) is 0 Å². The quantitative estimate of drug-likeness (QED) is 0.519. The third-order valence-electron chi connectivity index (χ3n) is 1.07. The van der Waals surface area contributed by atoms with Crippen LogP contribution in [0.25, 0.3) is 0 Å². The van der Waals surface area contributed by atoms with Gasteiger partial charge in [0, 0.05) is 0 Å². The maximum absolute atomic E-state index is 10.6. The van der Waals surface area contributed by atoms with E-state index < -0.39 is 15.7 Å². The minimum atomic E-state index is -0.938. The number of hydrogen-bond donors (Lipinski definition) is 0. The molecule has 58 valence electrons. The molecule has 0 amide bonds. The summed E-state index contributed by atoms with van der Waals surface area (Å²) in [5.74, 6) is 0. The van der Waals surface area contributed by atoms with Gasteiger partial charge in [-0.05, 0) is 0 Å². The van der Waals surface area contributed by atoms with E-state index in [-0.39, 0.29) is 0 Å². The third-order valence-corrected chi connectivity index (χ3v) is 5.23. The molecule has 0 radical (unpaired) electrons. The van der Waals surface area contributed by atoms with Gasteiger partial charge in [0.2, 0.25) is 0 Å². The van der Waals surface area contributed by atoms with E-state index in [4.69, 9.17) is 0 Å². The molecule has 0 unspecified atom stereocenters. The van der Waals surface area contributed by atoms with Crippen LogP contribution in [-0.4, -0.2) is 15.7 Å². The number of hydrogen-bond acceptors (Lipinski definition) is 1. The molecule has 0 bridgehead atoms. The molecule has 1 aromatic carbocycles. The molecule has 0 aromatic heterocycles. The standard InChI is InChI=1S/C6H2AsBr3O/c8-4-1-3(7-11)2-5(9)6(4)10/h1-2H. The SMILES string of the molecule is O=[As]c1cc(Br)c(Br)c(Br)c1. The first-order valence-electron chi connectivity index (χ1n) is 2.63. The fourth-order valence-electron chi connectivity index (χ4n) is 0.595. The Labute approximate surface area is 96.2 Å². The van der Waals surface area contributed by atoms with E-state index in [1.807, 2.05) is 12.1 Å². The molecule has 0 saturated carbocycles. The average Bonchev–Trinajstić information content (AvgIpc) is 1.99. The molecule has 0 saturated heterocycles. The second kappa shape index (κ2) is 4.31. The Morgan fingerprint density at radius 2 is 1.55 bits per heavy atom. The summed E-state index contributed by atoms with van der Waals surface area (Å²) in [7, 11) is 0. The van der Waals surface area contributed by atoms with Gasteiger partial charge in [0.25, 0.3) is 0 Å². The van der Waals surface area contributed by atoms with E-state index in [1.165, 1.54) is 0 Å². The predicted molar refractivity (Wildman–Crippen MR) is 55.6 cm³/mol. The van der Waals surface area contributed by atoms with Gasteiger partial charge >= 0.3 is 97.1 Å². The Hall–Kier alpha value is 1.02. The van der Waals surface area contributed by atoms with E-state index >= 15 is 0 Å². The molecule has 11 heavy (non-hydrogen) atoms. The van der Waals surface area contributed by atoms with Gasteiger partial charge in [-0.3, -0.25) is 0 Å². The fourth-order valence-corrected chi connectivity index (χ4v) is 3.54. The zero-order valence-corrected chi connectivity index (χ0v) is 11.8. The summed E-state index contributed by atoms with van der Waals surface area (Å²) < 4.78 is 14.3. The molecule has 1 aromatic rings.